The Morgan fingerprint density at radius 3 is 2.95 bits per heavy atom. The lowest BCUT2D eigenvalue weighted by Gasteiger charge is -2.24. The van der Waals surface area contributed by atoms with Crippen molar-refractivity contribution in [1.82, 2.24) is 10.2 Å². The maximum atomic E-state index is 12.4. The molecule has 112 valence electrons. The molecular weight excluding hydrogens is 276 g/mol. The standard InChI is InChI=1S/C15H22N2O2.ClH/c1-17(10-12-6-4-8-19-12)15(18)14-9-11-5-2-3-7-13(11)16-14;/h4,6,8,11,13-14,16H,2-3,5,7,9-10H2,1H3;1H. The average Bonchev–Trinajstić information content (AvgIpc) is 3.05. The van der Waals surface area contributed by atoms with Crippen LogP contribution in [0.25, 0.3) is 0 Å². The molecule has 1 saturated carbocycles. The van der Waals surface area contributed by atoms with Crippen LogP contribution in [0.4, 0.5) is 0 Å². The van der Waals surface area contributed by atoms with Gasteiger partial charge in [0.1, 0.15) is 5.76 Å². The van der Waals surface area contributed by atoms with E-state index >= 15 is 0 Å². The monoisotopic (exact) mass is 298 g/mol. The number of carbonyl (C=O) groups excluding carboxylic acids is 1. The van der Waals surface area contributed by atoms with Crippen LogP contribution in [-0.2, 0) is 11.3 Å². The maximum absolute atomic E-state index is 12.4. The number of likely N-dealkylation sites (N-methyl/N-ethyl adjacent to an activating group) is 1. The number of amides is 1. The van der Waals surface area contributed by atoms with Gasteiger partial charge in [0.15, 0.2) is 0 Å². The summed E-state index contributed by atoms with van der Waals surface area (Å²) in [4.78, 5) is 14.2. The Kier molecular flexibility index (Phi) is 5.11. The minimum atomic E-state index is 0. The summed E-state index contributed by atoms with van der Waals surface area (Å²) in [5.74, 6) is 1.75. The van der Waals surface area contributed by atoms with Gasteiger partial charge in [-0.05, 0) is 37.3 Å². The minimum Gasteiger partial charge on any atom is -0.467 e. The number of hydrogen-bond acceptors (Lipinski definition) is 3. The molecule has 1 saturated heterocycles. The molecule has 3 rings (SSSR count). The van der Waals surface area contributed by atoms with Crippen molar-refractivity contribution in [2.45, 2.75) is 50.7 Å². The van der Waals surface area contributed by atoms with Gasteiger partial charge >= 0.3 is 0 Å². The average molecular weight is 299 g/mol. The zero-order valence-electron chi connectivity index (χ0n) is 11.9. The number of hydrogen-bond donors (Lipinski definition) is 1. The number of nitrogens with one attached hydrogen (secondary N) is 1. The van der Waals surface area contributed by atoms with Crippen molar-refractivity contribution in [3.05, 3.63) is 24.2 Å². The molecule has 1 aliphatic carbocycles. The summed E-state index contributed by atoms with van der Waals surface area (Å²) in [6, 6.07) is 4.34. The van der Waals surface area contributed by atoms with Crippen LogP contribution >= 0.6 is 12.4 Å². The molecule has 1 aliphatic heterocycles. The fourth-order valence-electron chi connectivity index (χ4n) is 3.49. The summed E-state index contributed by atoms with van der Waals surface area (Å²) in [7, 11) is 1.86. The van der Waals surface area contributed by atoms with E-state index in [1.807, 2.05) is 19.2 Å². The number of halogens is 1. The predicted octanol–water partition coefficient (Wildman–Crippen LogP) is 2.58. The highest BCUT2D eigenvalue weighted by molar-refractivity contribution is 5.85. The summed E-state index contributed by atoms with van der Waals surface area (Å²) in [5.41, 5.74) is 0. The summed E-state index contributed by atoms with van der Waals surface area (Å²) in [6.45, 7) is 0.555. The number of nitrogens with zero attached hydrogens (tertiary/aromatic N) is 1. The molecule has 2 aliphatic rings. The van der Waals surface area contributed by atoms with Crippen molar-refractivity contribution in [2.24, 2.45) is 5.92 Å². The SMILES string of the molecule is CN(Cc1ccco1)C(=O)C1CC2CCCCC2N1.Cl. The predicted molar refractivity (Wildman–Crippen MR) is 79.7 cm³/mol. The topological polar surface area (TPSA) is 45.5 Å². The van der Waals surface area contributed by atoms with Crippen LogP contribution in [0.5, 0.6) is 0 Å². The van der Waals surface area contributed by atoms with Gasteiger partial charge in [-0.15, -0.1) is 12.4 Å². The van der Waals surface area contributed by atoms with E-state index in [2.05, 4.69) is 5.32 Å². The molecular formula is C15H23ClN2O2. The Morgan fingerprint density at radius 2 is 2.25 bits per heavy atom. The van der Waals surface area contributed by atoms with Crippen LogP contribution in [0.2, 0.25) is 0 Å². The van der Waals surface area contributed by atoms with E-state index in [-0.39, 0.29) is 24.4 Å². The quantitative estimate of drug-likeness (QED) is 0.933. The zero-order chi connectivity index (χ0) is 13.2. The molecule has 3 atom stereocenters. The first-order valence-corrected chi connectivity index (χ1v) is 7.27. The van der Waals surface area contributed by atoms with Crippen LogP contribution < -0.4 is 5.32 Å². The van der Waals surface area contributed by atoms with Crippen LogP contribution in [0.1, 0.15) is 37.9 Å². The number of fused-ring (bicyclic) bond motifs is 1. The van der Waals surface area contributed by atoms with E-state index in [0.717, 1.165) is 12.2 Å². The second kappa shape index (κ2) is 6.64. The molecule has 2 heterocycles. The highest BCUT2D eigenvalue weighted by atomic mass is 35.5. The van der Waals surface area contributed by atoms with E-state index in [9.17, 15) is 4.79 Å². The van der Waals surface area contributed by atoms with Gasteiger partial charge in [-0.1, -0.05) is 12.8 Å². The fourth-order valence-corrected chi connectivity index (χ4v) is 3.49. The van der Waals surface area contributed by atoms with E-state index in [0.29, 0.717) is 18.5 Å². The second-order valence-electron chi connectivity index (χ2n) is 5.88. The van der Waals surface area contributed by atoms with Crippen LogP contribution in [0.3, 0.4) is 0 Å². The third-order valence-electron chi connectivity index (χ3n) is 4.51. The molecule has 1 aromatic heterocycles. The first kappa shape index (κ1) is 15.4. The summed E-state index contributed by atoms with van der Waals surface area (Å²) >= 11 is 0. The van der Waals surface area contributed by atoms with Crippen molar-refractivity contribution in [2.75, 3.05) is 7.05 Å². The van der Waals surface area contributed by atoms with E-state index in [4.69, 9.17) is 4.42 Å². The summed E-state index contributed by atoms with van der Waals surface area (Å²) in [5, 5.41) is 3.53. The third-order valence-corrected chi connectivity index (χ3v) is 4.51. The molecule has 1 amide bonds. The van der Waals surface area contributed by atoms with Crippen molar-refractivity contribution in [1.29, 1.82) is 0 Å². The fraction of sp³-hybridized carbons (Fsp3) is 0.667. The molecule has 20 heavy (non-hydrogen) atoms. The largest absolute Gasteiger partial charge is 0.467 e. The Balaban J connectivity index is 0.00000147. The third kappa shape index (κ3) is 3.18. The molecule has 3 unspecified atom stereocenters. The molecule has 0 bridgehead atoms. The van der Waals surface area contributed by atoms with Gasteiger partial charge in [-0.3, -0.25) is 4.79 Å². The molecule has 0 spiro atoms. The zero-order valence-corrected chi connectivity index (χ0v) is 12.7. The molecule has 1 aromatic rings. The first-order valence-electron chi connectivity index (χ1n) is 7.27. The Morgan fingerprint density at radius 1 is 1.45 bits per heavy atom. The Hall–Kier alpha value is -1.00. The second-order valence-corrected chi connectivity index (χ2v) is 5.88. The number of carbonyl (C=O) groups is 1. The van der Waals surface area contributed by atoms with Gasteiger partial charge < -0.3 is 14.6 Å². The molecule has 4 nitrogen and oxygen atoms in total. The normalized spacial score (nSPS) is 28.6. The molecule has 0 aromatic carbocycles. The van der Waals surface area contributed by atoms with Gasteiger partial charge in [0.05, 0.1) is 18.8 Å². The van der Waals surface area contributed by atoms with Gasteiger partial charge in [0.25, 0.3) is 0 Å². The van der Waals surface area contributed by atoms with Crippen molar-refractivity contribution in [3.63, 3.8) is 0 Å². The lowest BCUT2D eigenvalue weighted by atomic mass is 9.85. The molecule has 1 N–H and O–H groups in total. The first-order chi connectivity index (χ1) is 9.24. The van der Waals surface area contributed by atoms with Gasteiger partial charge in [-0.2, -0.15) is 0 Å². The summed E-state index contributed by atoms with van der Waals surface area (Å²) in [6.07, 6.45) is 7.80. The van der Waals surface area contributed by atoms with Gasteiger partial charge in [-0.25, -0.2) is 0 Å². The maximum Gasteiger partial charge on any atom is 0.239 e. The minimum absolute atomic E-state index is 0. The van der Waals surface area contributed by atoms with E-state index in [1.165, 1.54) is 25.7 Å². The molecule has 2 fully saturated rings. The van der Waals surface area contributed by atoms with Crippen molar-refractivity contribution < 1.29 is 9.21 Å². The van der Waals surface area contributed by atoms with Gasteiger partial charge in [0, 0.05) is 13.1 Å². The van der Waals surface area contributed by atoms with Crippen LogP contribution in [-0.4, -0.2) is 29.9 Å². The Labute approximate surface area is 126 Å². The van der Waals surface area contributed by atoms with Gasteiger partial charge in [0.2, 0.25) is 5.91 Å². The van der Waals surface area contributed by atoms with E-state index in [1.54, 1.807) is 11.2 Å². The highest BCUT2D eigenvalue weighted by Crippen LogP contribution is 2.33. The van der Waals surface area contributed by atoms with Crippen LogP contribution in [0, 0.1) is 5.92 Å². The lowest BCUT2D eigenvalue weighted by molar-refractivity contribution is -0.132. The number of rotatable bonds is 3. The molecule has 0 radical (unpaired) electrons. The van der Waals surface area contributed by atoms with Crippen LogP contribution in [0.15, 0.2) is 22.8 Å². The van der Waals surface area contributed by atoms with Crippen molar-refractivity contribution >= 4 is 18.3 Å². The Bertz CT molecular complexity index is 421. The van der Waals surface area contributed by atoms with E-state index < -0.39 is 0 Å². The highest BCUT2D eigenvalue weighted by Gasteiger charge is 2.39. The smallest absolute Gasteiger partial charge is 0.239 e. The number of furan rings is 1. The lowest BCUT2D eigenvalue weighted by Crippen LogP contribution is -2.43. The molecule has 5 heteroatoms. The summed E-state index contributed by atoms with van der Waals surface area (Å²) < 4.78 is 5.30. The van der Waals surface area contributed by atoms with Crippen molar-refractivity contribution in [3.8, 4) is 0 Å².